The Balaban J connectivity index is 1.95. The number of aromatic nitrogens is 4. The molecule has 1 aliphatic heterocycles. The van der Waals surface area contributed by atoms with Gasteiger partial charge in [0.2, 0.25) is 5.91 Å². The standard InChI is InChI=1S/C14H19N5O5S/c1-8(12(20)16-9-4-5-25(23,24)6-9)19-7-15-11-10(19)13(21)18(3)14(22)17(11)2/h7-9H,4-6H2,1-3H3,(H,16,20)/t8-,9-/m1/s1. The van der Waals surface area contributed by atoms with E-state index in [-0.39, 0.29) is 22.7 Å². The van der Waals surface area contributed by atoms with E-state index in [4.69, 9.17) is 0 Å². The Morgan fingerprint density at radius 3 is 2.60 bits per heavy atom. The summed E-state index contributed by atoms with van der Waals surface area (Å²) in [5.41, 5.74) is -0.711. The fourth-order valence-electron chi connectivity index (χ4n) is 3.01. The van der Waals surface area contributed by atoms with Gasteiger partial charge < -0.3 is 9.88 Å². The van der Waals surface area contributed by atoms with E-state index >= 15 is 0 Å². The molecular formula is C14H19N5O5S. The van der Waals surface area contributed by atoms with Crippen LogP contribution in [-0.4, -0.2) is 50.6 Å². The SMILES string of the molecule is C[C@H](C(=O)N[C@@H]1CCS(=O)(=O)C1)n1cnc2c1c(=O)n(C)c(=O)n2C. The van der Waals surface area contributed by atoms with Crippen molar-refractivity contribution in [2.75, 3.05) is 11.5 Å². The monoisotopic (exact) mass is 369 g/mol. The summed E-state index contributed by atoms with van der Waals surface area (Å²) in [4.78, 5) is 40.9. The van der Waals surface area contributed by atoms with Crippen molar-refractivity contribution in [2.24, 2.45) is 14.1 Å². The molecule has 0 aromatic carbocycles. The number of nitrogens with one attached hydrogen (secondary N) is 1. The van der Waals surface area contributed by atoms with Gasteiger partial charge >= 0.3 is 5.69 Å². The Morgan fingerprint density at radius 1 is 1.32 bits per heavy atom. The molecule has 136 valence electrons. The highest BCUT2D eigenvalue weighted by Gasteiger charge is 2.31. The van der Waals surface area contributed by atoms with E-state index in [1.54, 1.807) is 6.92 Å². The van der Waals surface area contributed by atoms with E-state index in [0.29, 0.717) is 6.42 Å². The first-order valence-corrected chi connectivity index (χ1v) is 9.58. The van der Waals surface area contributed by atoms with Gasteiger partial charge in [0.05, 0.1) is 17.8 Å². The second-order valence-corrected chi connectivity index (χ2v) is 8.54. The fourth-order valence-corrected chi connectivity index (χ4v) is 4.69. The van der Waals surface area contributed by atoms with Gasteiger partial charge in [0.25, 0.3) is 5.56 Å². The first-order valence-electron chi connectivity index (χ1n) is 7.75. The number of carbonyl (C=O) groups is 1. The quantitative estimate of drug-likeness (QED) is 0.687. The average molecular weight is 369 g/mol. The number of carbonyl (C=O) groups excluding carboxylic acids is 1. The van der Waals surface area contributed by atoms with Gasteiger partial charge in [0.15, 0.2) is 21.0 Å². The summed E-state index contributed by atoms with van der Waals surface area (Å²) >= 11 is 0. The van der Waals surface area contributed by atoms with Crippen LogP contribution in [0.25, 0.3) is 11.2 Å². The summed E-state index contributed by atoms with van der Waals surface area (Å²) in [7, 11) is -0.251. The number of hydrogen-bond acceptors (Lipinski definition) is 6. The fraction of sp³-hybridized carbons (Fsp3) is 0.571. The smallest absolute Gasteiger partial charge is 0.332 e. The maximum absolute atomic E-state index is 12.5. The highest BCUT2D eigenvalue weighted by molar-refractivity contribution is 7.91. The molecule has 0 unspecified atom stereocenters. The molecule has 2 atom stereocenters. The normalized spacial score (nSPS) is 20.7. The minimum atomic E-state index is -3.10. The van der Waals surface area contributed by atoms with Gasteiger partial charge in [0.1, 0.15) is 6.04 Å². The zero-order valence-electron chi connectivity index (χ0n) is 14.1. The van der Waals surface area contributed by atoms with Crippen LogP contribution in [0.1, 0.15) is 19.4 Å². The first-order chi connectivity index (χ1) is 11.6. The van der Waals surface area contributed by atoms with E-state index in [1.165, 1.54) is 29.6 Å². The van der Waals surface area contributed by atoms with Crippen molar-refractivity contribution in [3.05, 3.63) is 27.2 Å². The van der Waals surface area contributed by atoms with Gasteiger partial charge in [0, 0.05) is 20.1 Å². The van der Waals surface area contributed by atoms with Crippen LogP contribution in [0.4, 0.5) is 0 Å². The Labute approximate surface area is 143 Å². The molecule has 0 radical (unpaired) electrons. The van der Waals surface area contributed by atoms with Crippen LogP contribution < -0.4 is 16.6 Å². The lowest BCUT2D eigenvalue weighted by Gasteiger charge is -2.17. The van der Waals surface area contributed by atoms with Crippen molar-refractivity contribution >= 4 is 26.9 Å². The Morgan fingerprint density at radius 2 is 2.00 bits per heavy atom. The van der Waals surface area contributed by atoms with Gasteiger partial charge in [-0.15, -0.1) is 0 Å². The first kappa shape index (κ1) is 17.4. The number of rotatable bonds is 3. The maximum atomic E-state index is 12.5. The lowest BCUT2D eigenvalue weighted by Crippen LogP contribution is -2.41. The molecule has 0 bridgehead atoms. The Hall–Kier alpha value is -2.43. The number of aryl methyl sites for hydroxylation is 1. The molecule has 11 heteroatoms. The van der Waals surface area contributed by atoms with E-state index < -0.39 is 39.1 Å². The molecule has 2 aromatic heterocycles. The van der Waals surface area contributed by atoms with Crippen LogP contribution in [0, 0.1) is 0 Å². The van der Waals surface area contributed by atoms with E-state index in [0.717, 1.165) is 4.57 Å². The highest BCUT2D eigenvalue weighted by Crippen LogP contribution is 2.16. The predicted octanol–water partition coefficient (Wildman–Crippen LogP) is -1.70. The van der Waals surface area contributed by atoms with Gasteiger partial charge in [-0.1, -0.05) is 0 Å². The Kier molecular flexibility index (Phi) is 4.06. The van der Waals surface area contributed by atoms with Crippen LogP contribution in [0.15, 0.2) is 15.9 Å². The van der Waals surface area contributed by atoms with Crippen molar-refractivity contribution in [3.63, 3.8) is 0 Å². The minimum absolute atomic E-state index is 0.0585. The molecule has 0 aliphatic carbocycles. The third-order valence-electron chi connectivity index (χ3n) is 4.55. The summed E-state index contributed by atoms with van der Waals surface area (Å²) in [6.07, 6.45) is 1.71. The molecule has 2 aromatic rings. The summed E-state index contributed by atoms with van der Waals surface area (Å²) in [6.45, 7) is 1.59. The zero-order valence-corrected chi connectivity index (χ0v) is 14.9. The predicted molar refractivity (Wildman–Crippen MR) is 90.1 cm³/mol. The number of fused-ring (bicyclic) bond motifs is 1. The number of nitrogens with zero attached hydrogens (tertiary/aromatic N) is 4. The van der Waals surface area contributed by atoms with Gasteiger partial charge in [-0.05, 0) is 13.3 Å². The lowest BCUT2D eigenvalue weighted by molar-refractivity contribution is -0.124. The summed E-state index contributed by atoms with van der Waals surface area (Å²) in [6, 6.07) is -1.21. The van der Waals surface area contributed by atoms with Crippen LogP contribution >= 0.6 is 0 Å². The van der Waals surface area contributed by atoms with Crippen molar-refractivity contribution in [1.29, 1.82) is 0 Å². The van der Waals surface area contributed by atoms with Crippen LogP contribution in [0.5, 0.6) is 0 Å². The minimum Gasteiger partial charge on any atom is -0.351 e. The molecule has 1 N–H and O–H groups in total. The summed E-state index contributed by atoms with van der Waals surface area (Å²) in [5, 5.41) is 2.70. The second-order valence-electron chi connectivity index (χ2n) is 6.31. The molecule has 25 heavy (non-hydrogen) atoms. The van der Waals surface area contributed by atoms with Crippen molar-refractivity contribution in [3.8, 4) is 0 Å². The number of hydrogen-bond donors (Lipinski definition) is 1. The maximum Gasteiger partial charge on any atom is 0.332 e. The van der Waals surface area contributed by atoms with E-state index in [1.807, 2.05) is 0 Å². The molecule has 1 amide bonds. The average Bonchev–Trinajstić information content (AvgIpc) is 3.13. The molecule has 0 saturated carbocycles. The van der Waals surface area contributed by atoms with Crippen LogP contribution in [0.2, 0.25) is 0 Å². The van der Waals surface area contributed by atoms with Crippen molar-refractivity contribution in [2.45, 2.75) is 25.4 Å². The topological polar surface area (TPSA) is 125 Å². The number of amides is 1. The Bertz CT molecular complexity index is 1080. The van der Waals surface area contributed by atoms with E-state index in [9.17, 15) is 22.8 Å². The number of sulfone groups is 1. The summed E-state index contributed by atoms with van der Waals surface area (Å²) in [5.74, 6) is -0.424. The molecule has 1 fully saturated rings. The molecule has 1 aliphatic rings. The molecule has 1 saturated heterocycles. The molecule has 3 heterocycles. The third-order valence-corrected chi connectivity index (χ3v) is 6.32. The molecule has 10 nitrogen and oxygen atoms in total. The van der Waals surface area contributed by atoms with Crippen molar-refractivity contribution < 1.29 is 13.2 Å². The highest BCUT2D eigenvalue weighted by atomic mass is 32.2. The molecule has 3 rings (SSSR count). The van der Waals surface area contributed by atoms with Crippen LogP contribution in [0.3, 0.4) is 0 Å². The molecule has 0 spiro atoms. The largest absolute Gasteiger partial charge is 0.351 e. The zero-order chi connectivity index (χ0) is 18.5. The number of imidazole rings is 1. The van der Waals surface area contributed by atoms with Crippen LogP contribution in [-0.2, 0) is 28.7 Å². The summed E-state index contributed by atoms with van der Waals surface area (Å²) < 4.78 is 26.6. The lowest BCUT2D eigenvalue weighted by atomic mass is 10.2. The third kappa shape index (κ3) is 2.88. The van der Waals surface area contributed by atoms with Gasteiger partial charge in [-0.25, -0.2) is 18.2 Å². The second kappa shape index (κ2) is 5.83. The van der Waals surface area contributed by atoms with E-state index in [2.05, 4.69) is 10.3 Å². The van der Waals surface area contributed by atoms with Crippen molar-refractivity contribution in [1.82, 2.24) is 24.0 Å². The van der Waals surface area contributed by atoms with Gasteiger partial charge in [-0.3, -0.25) is 18.7 Å². The molecular weight excluding hydrogens is 350 g/mol. The van der Waals surface area contributed by atoms with Gasteiger partial charge in [-0.2, -0.15) is 0 Å².